The lowest BCUT2D eigenvalue weighted by atomic mass is 10.0. The molecule has 0 aliphatic heterocycles. The summed E-state index contributed by atoms with van der Waals surface area (Å²) in [5.74, 6) is -1.33. The Kier molecular flexibility index (Phi) is 5.51. The normalized spacial score (nSPS) is 12.7. The fraction of sp³-hybridized carbons (Fsp3) is 0.188. The quantitative estimate of drug-likeness (QED) is 0.265. The molecule has 1 N–H and O–H groups in total. The van der Waals surface area contributed by atoms with Crippen molar-refractivity contribution in [3.63, 3.8) is 0 Å². The number of fused-ring (bicyclic) bond motifs is 1. The van der Waals surface area contributed by atoms with E-state index in [1.165, 1.54) is 15.9 Å². The third-order valence-corrected chi connectivity index (χ3v) is 6.90. The molecule has 0 fully saturated rings. The monoisotopic (exact) mass is 597 g/mol. The zero-order valence-electron chi connectivity index (χ0n) is 13.3. The fourth-order valence-electron chi connectivity index (χ4n) is 2.72. The molecule has 28 heavy (non-hydrogen) atoms. The zero-order chi connectivity index (χ0) is 21.0. The van der Waals surface area contributed by atoms with Crippen molar-refractivity contribution in [1.29, 1.82) is 0 Å². The summed E-state index contributed by atoms with van der Waals surface area (Å²) in [6.07, 6.45) is -9.95. The molecule has 0 spiro atoms. The van der Waals surface area contributed by atoms with Gasteiger partial charge in [-0.05, 0) is 68.3 Å². The Morgan fingerprint density at radius 2 is 1.61 bits per heavy atom. The van der Waals surface area contributed by atoms with Crippen LogP contribution in [0.25, 0.3) is 10.2 Å². The Bertz CT molecular complexity index is 1050. The van der Waals surface area contributed by atoms with E-state index < -0.39 is 36.0 Å². The first kappa shape index (κ1) is 21.4. The molecule has 0 amide bonds. The van der Waals surface area contributed by atoms with Crippen molar-refractivity contribution in [3.8, 4) is 0 Å². The largest absolute Gasteiger partial charge is 0.477 e. The van der Waals surface area contributed by atoms with Crippen LogP contribution in [-0.2, 0) is 18.9 Å². The van der Waals surface area contributed by atoms with E-state index in [-0.39, 0.29) is 17.3 Å². The van der Waals surface area contributed by atoms with E-state index in [4.69, 9.17) is 0 Å². The van der Waals surface area contributed by atoms with Gasteiger partial charge in [0.05, 0.1) is 28.7 Å². The van der Waals surface area contributed by atoms with Crippen molar-refractivity contribution in [2.45, 2.75) is 18.9 Å². The summed E-state index contributed by atoms with van der Waals surface area (Å²) >= 11 is 6.27. The van der Waals surface area contributed by atoms with Crippen molar-refractivity contribution >= 4 is 66.0 Å². The summed E-state index contributed by atoms with van der Waals surface area (Å²) in [6.45, 7) is -0.461. The highest BCUT2D eigenvalue weighted by atomic mass is 127. The van der Waals surface area contributed by atoms with Crippen LogP contribution in [0.1, 0.15) is 27.2 Å². The first-order valence-corrected chi connectivity index (χ1v) is 9.96. The van der Waals surface area contributed by atoms with Gasteiger partial charge in [-0.2, -0.15) is 26.3 Å². The molecule has 2 aromatic heterocycles. The molecule has 1 aromatic carbocycles. The molecule has 12 heteroatoms. The van der Waals surface area contributed by atoms with Gasteiger partial charge in [0.15, 0.2) is 0 Å². The third-order valence-electron chi connectivity index (χ3n) is 3.84. The smallest absolute Gasteiger partial charge is 0.416 e. The topological polar surface area (TPSA) is 42.2 Å². The Labute approximate surface area is 179 Å². The number of nitrogens with zero attached hydrogens (tertiary/aromatic N) is 1. The minimum absolute atomic E-state index is 0.0395. The van der Waals surface area contributed by atoms with Gasteiger partial charge in [0.2, 0.25) is 0 Å². The number of carbonyl (C=O) groups is 1. The van der Waals surface area contributed by atoms with Crippen molar-refractivity contribution in [2.24, 2.45) is 0 Å². The number of rotatable bonds is 3. The summed E-state index contributed by atoms with van der Waals surface area (Å²) in [5.41, 5.74) is -2.98. The van der Waals surface area contributed by atoms with E-state index in [9.17, 15) is 36.2 Å². The average molecular weight is 598 g/mol. The molecule has 0 saturated carbocycles. The number of halogens is 8. The summed E-state index contributed by atoms with van der Waals surface area (Å²) < 4.78 is 81.2. The Morgan fingerprint density at radius 3 is 2.07 bits per heavy atom. The molecule has 3 aromatic rings. The molecule has 150 valence electrons. The lowest BCUT2D eigenvalue weighted by Gasteiger charge is -2.15. The highest BCUT2D eigenvalue weighted by Gasteiger charge is 2.37. The molecular formula is C16H7BrF6INO2S. The van der Waals surface area contributed by atoms with Gasteiger partial charge in [0, 0.05) is 6.54 Å². The van der Waals surface area contributed by atoms with Crippen LogP contribution in [0.3, 0.4) is 0 Å². The first-order valence-electron chi connectivity index (χ1n) is 7.27. The number of carboxylic acids is 1. The van der Waals surface area contributed by atoms with Crippen molar-refractivity contribution < 1.29 is 36.2 Å². The molecule has 0 aliphatic rings. The lowest BCUT2D eigenvalue weighted by molar-refractivity contribution is -0.143. The molecule has 3 nitrogen and oxygen atoms in total. The van der Waals surface area contributed by atoms with Crippen LogP contribution in [0.15, 0.2) is 28.1 Å². The van der Waals surface area contributed by atoms with Gasteiger partial charge in [-0.15, -0.1) is 11.3 Å². The predicted molar refractivity (Wildman–Crippen MR) is 103 cm³/mol. The van der Waals surface area contributed by atoms with E-state index in [0.717, 1.165) is 0 Å². The molecule has 0 unspecified atom stereocenters. The zero-order valence-corrected chi connectivity index (χ0v) is 17.8. The number of hydrogen-bond donors (Lipinski definition) is 1. The number of aromatic carboxylic acids is 1. The van der Waals surface area contributed by atoms with Gasteiger partial charge < -0.3 is 9.67 Å². The summed E-state index contributed by atoms with van der Waals surface area (Å²) in [7, 11) is 0. The van der Waals surface area contributed by atoms with Gasteiger partial charge in [-0.25, -0.2) is 4.79 Å². The molecule has 0 atom stereocenters. The molecule has 0 aliphatic carbocycles. The molecule has 2 heterocycles. The van der Waals surface area contributed by atoms with E-state index in [2.05, 4.69) is 15.9 Å². The van der Waals surface area contributed by atoms with Crippen LogP contribution in [0.4, 0.5) is 26.3 Å². The van der Waals surface area contributed by atoms with Crippen LogP contribution in [0, 0.1) is 3.57 Å². The van der Waals surface area contributed by atoms with Crippen LogP contribution < -0.4 is 0 Å². The minimum Gasteiger partial charge on any atom is -0.477 e. The predicted octanol–water partition coefficient (Wildman–Crippen LogP) is 6.85. The summed E-state index contributed by atoms with van der Waals surface area (Å²) in [4.78, 5) is 11.6. The lowest BCUT2D eigenvalue weighted by Crippen LogP contribution is -2.14. The summed E-state index contributed by atoms with van der Waals surface area (Å²) in [5, 5.41) is 9.49. The number of hydrogen-bond acceptors (Lipinski definition) is 2. The maximum absolute atomic E-state index is 13.1. The van der Waals surface area contributed by atoms with Crippen LogP contribution in [0.2, 0.25) is 0 Å². The average Bonchev–Trinajstić information content (AvgIpc) is 3.03. The Balaban J connectivity index is 2.21. The number of carboxylic acid groups (broad SMARTS) is 1. The number of aromatic nitrogens is 1. The third kappa shape index (κ3) is 4.03. The second-order valence-electron chi connectivity index (χ2n) is 5.73. The minimum atomic E-state index is -4.97. The fourth-order valence-corrected chi connectivity index (χ4v) is 5.38. The van der Waals surface area contributed by atoms with Gasteiger partial charge in [-0.1, -0.05) is 0 Å². The highest BCUT2D eigenvalue weighted by molar-refractivity contribution is 14.1. The van der Waals surface area contributed by atoms with Crippen LogP contribution in [0.5, 0.6) is 0 Å². The second-order valence-corrected chi connectivity index (χ2v) is 9.24. The van der Waals surface area contributed by atoms with E-state index in [0.29, 0.717) is 29.7 Å². The first-order chi connectivity index (χ1) is 12.8. The maximum atomic E-state index is 13.1. The highest BCUT2D eigenvalue weighted by Crippen LogP contribution is 2.39. The van der Waals surface area contributed by atoms with Crippen molar-refractivity contribution in [2.75, 3.05) is 0 Å². The van der Waals surface area contributed by atoms with E-state index in [1.54, 1.807) is 28.7 Å². The Morgan fingerprint density at radius 1 is 1.07 bits per heavy atom. The van der Waals surface area contributed by atoms with E-state index >= 15 is 0 Å². The molecule has 0 radical (unpaired) electrons. The number of benzene rings is 1. The maximum Gasteiger partial charge on any atom is 0.416 e. The standard InChI is InChI=1S/C16H7BrF6INO2S/c17-10-4-9-13(28-10)11(24)12(14(26)27)25(9)5-6-1-7(15(18,19)20)3-8(2-6)16(21,22)23/h1-4H,5H2,(H,26,27). The van der Waals surface area contributed by atoms with Crippen molar-refractivity contribution in [1.82, 2.24) is 4.57 Å². The van der Waals surface area contributed by atoms with Crippen molar-refractivity contribution in [3.05, 3.63) is 54.0 Å². The van der Waals surface area contributed by atoms with Gasteiger partial charge in [0.25, 0.3) is 0 Å². The second kappa shape index (κ2) is 7.20. The molecule has 0 bridgehead atoms. The molecular weight excluding hydrogens is 591 g/mol. The Hall–Kier alpha value is -1.28. The van der Waals surface area contributed by atoms with Gasteiger partial charge in [0.1, 0.15) is 5.69 Å². The number of thiophene rings is 1. The number of alkyl halides is 6. The summed E-state index contributed by atoms with van der Waals surface area (Å²) in [6, 6.07) is 2.81. The SMILES string of the molecule is O=C(O)c1c(I)c2sc(Br)cc2n1Cc1cc(C(F)(F)F)cc(C(F)(F)F)c1. The van der Waals surface area contributed by atoms with E-state index in [1.807, 2.05) is 0 Å². The molecule has 0 saturated heterocycles. The molecule has 3 rings (SSSR count). The van der Waals surface area contributed by atoms with Gasteiger partial charge >= 0.3 is 18.3 Å². The van der Waals surface area contributed by atoms with Gasteiger partial charge in [-0.3, -0.25) is 0 Å². The van der Waals surface area contributed by atoms with Crippen LogP contribution >= 0.6 is 49.9 Å². The van der Waals surface area contributed by atoms with Crippen LogP contribution in [-0.4, -0.2) is 15.6 Å².